The van der Waals surface area contributed by atoms with Crippen LogP contribution in [-0.2, 0) is 0 Å². The van der Waals surface area contributed by atoms with Gasteiger partial charge in [0.25, 0.3) is 0 Å². The van der Waals surface area contributed by atoms with Gasteiger partial charge in [-0.3, -0.25) is 0 Å². The molecule has 0 saturated carbocycles. The smallest absolute Gasteiger partial charge is 0.00987 e. The third kappa shape index (κ3) is 2.00. The van der Waals surface area contributed by atoms with Crippen LogP contribution in [0.1, 0.15) is 19.4 Å². The van der Waals surface area contributed by atoms with E-state index in [1.54, 1.807) is 0 Å². The van der Waals surface area contributed by atoms with Crippen molar-refractivity contribution in [3.63, 3.8) is 0 Å². The second-order valence-electron chi connectivity index (χ2n) is 6.11. The van der Waals surface area contributed by atoms with Crippen LogP contribution in [0.25, 0.3) is 38.4 Å². The molecule has 0 aliphatic carbocycles. The Hall–Kier alpha value is -2.60. The van der Waals surface area contributed by atoms with Gasteiger partial charge >= 0.3 is 0 Å². The molecule has 0 aromatic heterocycles. The molecule has 4 aromatic rings. The van der Waals surface area contributed by atoms with Crippen LogP contribution < -0.4 is 0 Å². The summed E-state index contributed by atoms with van der Waals surface area (Å²) in [6, 6.07) is 24.2. The highest BCUT2D eigenvalue weighted by molar-refractivity contribution is 6.18. The van der Waals surface area contributed by atoms with Crippen LogP contribution >= 0.6 is 0 Å². The molecule has 106 valence electrons. The van der Waals surface area contributed by atoms with Gasteiger partial charge in [-0.25, -0.2) is 0 Å². The molecule has 0 unspecified atom stereocenters. The number of rotatable bonds is 1. The number of benzene rings is 4. The van der Waals surface area contributed by atoms with Gasteiger partial charge in [0.15, 0.2) is 0 Å². The van der Waals surface area contributed by atoms with E-state index in [0.717, 1.165) is 0 Å². The summed E-state index contributed by atoms with van der Waals surface area (Å²) in [5.74, 6) is 0. The van der Waals surface area contributed by atoms with Crippen molar-refractivity contribution in [1.29, 1.82) is 0 Å². The van der Waals surface area contributed by atoms with E-state index in [9.17, 15) is 0 Å². The normalized spacial score (nSPS) is 11.2. The Morgan fingerprint density at radius 1 is 0.591 bits per heavy atom. The van der Waals surface area contributed by atoms with Crippen molar-refractivity contribution in [3.05, 3.63) is 77.9 Å². The lowest BCUT2D eigenvalue weighted by molar-refractivity contribution is 1.42. The molecular weight excluding hydrogens is 264 g/mol. The van der Waals surface area contributed by atoms with Gasteiger partial charge in [0.1, 0.15) is 0 Å². The highest BCUT2D eigenvalue weighted by atomic mass is 14.1. The molecule has 0 saturated heterocycles. The highest BCUT2D eigenvalue weighted by Crippen LogP contribution is 2.33. The quantitative estimate of drug-likeness (QED) is 0.346. The van der Waals surface area contributed by atoms with Crippen LogP contribution in [-0.4, -0.2) is 0 Å². The summed E-state index contributed by atoms with van der Waals surface area (Å²) in [7, 11) is 0. The van der Waals surface area contributed by atoms with Crippen LogP contribution in [0.3, 0.4) is 0 Å². The zero-order chi connectivity index (χ0) is 15.1. The Labute approximate surface area is 130 Å². The van der Waals surface area contributed by atoms with Gasteiger partial charge in [-0.1, -0.05) is 78.4 Å². The van der Waals surface area contributed by atoms with Crippen molar-refractivity contribution < 1.29 is 0 Å². The summed E-state index contributed by atoms with van der Waals surface area (Å²) in [5, 5.41) is 7.95. The van der Waals surface area contributed by atoms with Crippen molar-refractivity contribution in [3.8, 4) is 0 Å². The second-order valence-corrected chi connectivity index (χ2v) is 6.11. The Bertz CT molecular complexity index is 1030. The van der Waals surface area contributed by atoms with Gasteiger partial charge in [-0.05, 0) is 51.7 Å². The van der Waals surface area contributed by atoms with E-state index in [2.05, 4.69) is 86.7 Å². The maximum Gasteiger partial charge on any atom is -0.00987 e. The fourth-order valence-electron chi connectivity index (χ4n) is 3.32. The molecule has 0 aliphatic heterocycles. The summed E-state index contributed by atoms with van der Waals surface area (Å²) >= 11 is 0. The summed E-state index contributed by atoms with van der Waals surface area (Å²) in [6.07, 6.45) is 2.26. The zero-order valence-corrected chi connectivity index (χ0v) is 12.9. The first-order valence-electron chi connectivity index (χ1n) is 7.72. The Morgan fingerprint density at radius 3 is 2.09 bits per heavy atom. The minimum atomic E-state index is 1.30. The molecule has 0 atom stereocenters. The van der Waals surface area contributed by atoms with Crippen LogP contribution in [0.5, 0.6) is 0 Å². The topological polar surface area (TPSA) is 0 Å². The molecule has 0 radical (unpaired) electrons. The van der Waals surface area contributed by atoms with Crippen LogP contribution in [0.4, 0.5) is 0 Å². The third-order valence-corrected chi connectivity index (χ3v) is 4.26. The Morgan fingerprint density at radius 2 is 1.23 bits per heavy atom. The van der Waals surface area contributed by atoms with Gasteiger partial charge in [0.2, 0.25) is 0 Å². The Kier molecular flexibility index (Phi) is 2.97. The van der Waals surface area contributed by atoms with Gasteiger partial charge in [0.05, 0.1) is 0 Å². The van der Waals surface area contributed by atoms with E-state index < -0.39 is 0 Å². The second kappa shape index (κ2) is 4.99. The van der Waals surface area contributed by atoms with Crippen molar-refractivity contribution in [2.24, 2.45) is 0 Å². The van der Waals surface area contributed by atoms with Gasteiger partial charge in [0, 0.05) is 0 Å². The first-order valence-corrected chi connectivity index (χ1v) is 7.72. The van der Waals surface area contributed by atoms with E-state index in [1.165, 1.54) is 43.5 Å². The number of fused-ring (bicyclic) bond motifs is 5. The summed E-state index contributed by atoms with van der Waals surface area (Å²) < 4.78 is 0. The van der Waals surface area contributed by atoms with E-state index in [4.69, 9.17) is 0 Å². The fourth-order valence-corrected chi connectivity index (χ4v) is 3.32. The minimum Gasteiger partial charge on any atom is -0.0758 e. The zero-order valence-electron chi connectivity index (χ0n) is 12.9. The maximum absolute atomic E-state index is 2.27. The summed E-state index contributed by atoms with van der Waals surface area (Å²) in [6.45, 7) is 4.29. The standard InChI is InChI=1S/C22H18/c1-15(2)14-17-7-5-9-20-19(17)12-13-21-18-8-4-3-6-16(18)10-11-22(20)21/h3-14H,1-2H3. The molecule has 0 spiro atoms. The predicted molar refractivity (Wildman–Crippen MR) is 98.3 cm³/mol. The van der Waals surface area contributed by atoms with Gasteiger partial charge in [-0.2, -0.15) is 0 Å². The van der Waals surface area contributed by atoms with E-state index in [-0.39, 0.29) is 0 Å². The van der Waals surface area contributed by atoms with Gasteiger partial charge in [-0.15, -0.1) is 0 Å². The average Bonchev–Trinajstić information content (AvgIpc) is 2.54. The molecule has 0 fully saturated rings. The summed E-state index contributed by atoms with van der Waals surface area (Å²) in [5.41, 5.74) is 2.62. The molecule has 4 rings (SSSR count). The molecular formula is C22H18. The van der Waals surface area contributed by atoms with Crippen molar-refractivity contribution >= 4 is 38.4 Å². The number of hydrogen-bond donors (Lipinski definition) is 0. The molecule has 0 N–H and O–H groups in total. The molecule has 0 aliphatic rings. The van der Waals surface area contributed by atoms with Crippen molar-refractivity contribution in [2.75, 3.05) is 0 Å². The molecule has 0 heterocycles. The van der Waals surface area contributed by atoms with E-state index in [1.807, 2.05) is 0 Å². The number of allylic oxidation sites excluding steroid dienone is 1. The third-order valence-electron chi connectivity index (χ3n) is 4.26. The molecule has 0 amide bonds. The fraction of sp³-hybridized carbons (Fsp3) is 0.0909. The SMILES string of the molecule is CC(C)=Cc1cccc2c1ccc1c3ccccc3ccc21. The Balaban J connectivity index is 2.16. The monoisotopic (exact) mass is 282 g/mol. The molecule has 0 nitrogen and oxygen atoms in total. The van der Waals surface area contributed by atoms with Gasteiger partial charge < -0.3 is 0 Å². The maximum atomic E-state index is 2.27. The largest absolute Gasteiger partial charge is 0.0758 e. The number of hydrogen-bond acceptors (Lipinski definition) is 0. The molecule has 0 bridgehead atoms. The van der Waals surface area contributed by atoms with Crippen molar-refractivity contribution in [1.82, 2.24) is 0 Å². The lowest BCUT2D eigenvalue weighted by Crippen LogP contribution is -1.83. The van der Waals surface area contributed by atoms with E-state index in [0.29, 0.717) is 0 Å². The average molecular weight is 282 g/mol. The predicted octanol–water partition coefficient (Wildman–Crippen LogP) is 6.57. The minimum absolute atomic E-state index is 1.30. The first-order chi connectivity index (χ1) is 10.7. The van der Waals surface area contributed by atoms with Crippen LogP contribution in [0.2, 0.25) is 0 Å². The first kappa shape index (κ1) is 13.1. The molecule has 22 heavy (non-hydrogen) atoms. The molecule has 4 aromatic carbocycles. The highest BCUT2D eigenvalue weighted by Gasteiger charge is 2.06. The lowest BCUT2D eigenvalue weighted by atomic mass is 9.94. The van der Waals surface area contributed by atoms with E-state index >= 15 is 0 Å². The summed E-state index contributed by atoms with van der Waals surface area (Å²) in [4.78, 5) is 0. The molecule has 0 heteroatoms. The van der Waals surface area contributed by atoms with Crippen molar-refractivity contribution in [2.45, 2.75) is 13.8 Å². The van der Waals surface area contributed by atoms with Crippen LogP contribution in [0, 0.1) is 0 Å². The van der Waals surface area contributed by atoms with Crippen LogP contribution in [0.15, 0.2) is 72.3 Å². The lowest BCUT2D eigenvalue weighted by Gasteiger charge is -2.09.